The molecule has 3 rings (SSSR count). The molecule has 0 aliphatic heterocycles. The molecule has 1 atom stereocenters. The third-order valence-electron chi connectivity index (χ3n) is 3.57. The van der Waals surface area contributed by atoms with Crippen LogP contribution in [0, 0.1) is 5.82 Å². The molecule has 2 aromatic carbocycles. The maximum absolute atomic E-state index is 14.1. The fraction of sp³-hybridized carbons (Fsp3) is 0.118. The predicted molar refractivity (Wildman–Crippen MR) is 93.2 cm³/mol. The van der Waals surface area contributed by atoms with Crippen LogP contribution in [0.15, 0.2) is 53.1 Å². The molecule has 0 saturated carbocycles. The summed E-state index contributed by atoms with van der Waals surface area (Å²) in [7, 11) is 0. The van der Waals surface area contributed by atoms with Crippen LogP contribution in [-0.2, 0) is 0 Å². The summed E-state index contributed by atoms with van der Waals surface area (Å²) in [6, 6.07) is 9.37. The van der Waals surface area contributed by atoms with Crippen LogP contribution in [0.4, 0.5) is 18.9 Å². The molecule has 0 unspecified atom stereocenters. The molecule has 0 aliphatic carbocycles. The van der Waals surface area contributed by atoms with Crippen LogP contribution in [0.2, 0.25) is 5.02 Å². The van der Waals surface area contributed by atoms with Crippen LogP contribution < -0.4 is 5.32 Å². The average molecular weight is 416 g/mol. The average Bonchev–Trinajstić information content (AvgIpc) is 2.56. The van der Waals surface area contributed by atoms with Crippen molar-refractivity contribution >= 4 is 44.1 Å². The molecule has 0 aliphatic rings. The summed E-state index contributed by atoms with van der Waals surface area (Å²) in [6.07, 6.45) is -1.46. The Morgan fingerprint density at radius 1 is 1.12 bits per heavy atom. The zero-order valence-electron chi connectivity index (χ0n) is 12.1. The lowest BCUT2D eigenvalue weighted by atomic mass is 10.1. The highest BCUT2D eigenvalue weighted by molar-refractivity contribution is 9.10. The number of anilines is 1. The van der Waals surface area contributed by atoms with Gasteiger partial charge in [0.2, 0.25) is 0 Å². The Morgan fingerprint density at radius 3 is 2.62 bits per heavy atom. The second-order valence-electron chi connectivity index (χ2n) is 5.12. The van der Waals surface area contributed by atoms with Crippen molar-refractivity contribution in [1.29, 1.82) is 0 Å². The zero-order chi connectivity index (χ0) is 17.3. The van der Waals surface area contributed by atoms with E-state index in [4.69, 9.17) is 11.6 Å². The monoisotopic (exact) mass is 414 g/mol. The van der Waals surface area contributed by atoms with Gasteiger partial charge >= 0.3 is 0 Å². The molecule has 7 heteroatoms. The lowest BCUT2D eigenvalue weighted by molar-refractivity contribution is 0.123. The van der Waals surface area contributed by atoms with Gasteiger partial charge in [0.25, 0.3) is 6.43 Å². The number of rotatable bonds is 4. The van der Waals surface area contributed by atoms with E-state index in [-0.39, 0.29) is 10.6 Å². The van der Waals surface area contributed by atoms with E-state index in [1.54, 1.807) is 24.3 Å². The normalized spacial score (nSPS) is 12.6. The summed E-state index contributed by atoms with van der Waals surface area (Å²) in [6.45, 7) is 0. The van der Waals surface area contributed by atoms with Gasteiger partial charge in [0.05, 0.1) is 16.2 Å². The largest absolute Gasteiger partial charge is 0.371 e. The Bertz CT molecular complexity index is 889. The van der Waals surface area contributed by atoms with Gasteiger partial charge in [0.1, 0.15) is 11.9 Å². The molecule has 0 saturated heterocycles. The molecule has 1 aromatic heterocycles. The summed E-state index contributed by atoms with van der Waals surface area (Å²) < 4.78 is 41.8. The van der Waals surface area contributed by atoms with E-state index in [1.165, 1.54) is 18.3 Å². The molecule has 1 heterocycles. The number of benzene rings is 2. The number of alkyl halides is 2. The standard InChI is InChI=1S/C17H11BrClF3N2/c18-9-5-6-13(20)11(7-9)16(17(21)22)24-15-10-3-1-2-4-14(10)23-8-12(15)19/h1-8,16-17H,(H,23,24)/t16-/m0/s1. The number of para-hydroxylation sites is 1. The van der Waals surface area contributed by atoms with Crippen LogP contribution in [0.5, 0.6) is 0 Å². The smallest absolute Gasteiger partial charge is 0.262 e. The first kappa shape index (κ1) is 17.0. The van der Waals surface area contributed by atoms with Gasteiger partial charge in [0, 0.05) is 21.6 Å². The van der Waals surface area contributed by atoms with Crippen LogP contribution in [0.25, 0.3) is 10.9 Å². The van der Waals surface area contributed by atoms with Crippen molar-refractivity contribution in [2.75, 3.05) is 5.32 Å². The fourth-order valence-corrected chi connectivity index (χ4v) is 3.03. The van der Waals surface area contributed by atoms with Crippen molar-refractivity contribution in [3.05, 3.63) is 69.5 Å². The van der Waals surface area contributed by atoms with Gasteiger partial charge in [0.15, 0.2) is 0 Å². The third kappa shape index (κ3) is 3.35. The highest BCUT2D eigenvalue weighted by atomic mass is 79.9. The topological polar surface area (TPSA) is 24.9 Å². The number of nitrogens with zero attached hydrogens (tertiary/aromatic N) is 1. The number of halogens is 5. The van der Waals surface area contributed by atoms with E-state index in [1.807, 2.05) is 0 Å². The van der Waals surface area contributed by atoms with Crippen molar-refractivity contribution in [3.63, 3.8) is 0 Å². The van der Waals surface area contributed by atoms with Gasteiger partial charge in [-0.1, -0.05) is 45.7 Å². The first-order valence-corrected chi connectivity index (χ1v) is 8.17. The number of fused-ring (bicyclic) bond motifs is 1. The lowest BCUT2D eigenvalue weighted by Gasteiger charge is -2.22. The summed E-state index contributed by atoms with van der Waals surface area (Å²) >= 11 is 9.32. The van der Waals surface area contributed by atoms with Crippen LogP contribution in [0.1, 0.15) is 11.6 Å². The Morgan fingerprint density at radius 2 is 1.88 bits per heavy atom. The Hall–Kier alpha value is -1.79. The second-order valence-corrected chi connectivity index (χ2v) is 6.44. The van der Waals surface area contributed by atoms with Gasteiger partial charge < -0.3 is 5.32 Å². The van der Waals surface area contributed by atoms with Crippen molar-refractivity contribution in [1.82, 2.24) is 4.98 Å². The van der Waals surface area contributed by atoms with Gasteiger partial charge in [-0.05, 0) is 24.3 Å². The number of pyridine rings is 1. The molecular formula is C17H11BrClF3N2. The maximum atomic E-state index is 14.1. The third-order valence-corrected chi connectivity index (χ3v) is 4.35. The van der Waals surface area contributed by atoms with Crippen molar-refractivity contribution in [3.8, 4) is 0 Å². The predicted octanol–water partition coefficient (Wildman–Crippen LogP) is 6.21. The number of hydrogen-bond acceptors (Lipinski definition) is 2. The summed E-state index contributed by atoms with van der Waals surface area (Å²) in [5.74, 6) is -0.717. The van der Waals surface area contributed by atoms with E-state index in [0.717, 1.165) is 6.07 Å². The maximum Gasteiger partial charge on any atom is 0.262 e. The quantitative estimate of drug-likeness (QED) is 0.548. The Balaban J connectivity index is 2.10. The zero-order valence-corrected chi connectivity index (χ0v) is 14.5. The Kier molecular flexibility index (Phi) is 4.96. The van der Waals surface area contributed by atoms with Gasteiger partial charge in [-0.3, -0.25) is 4.98 Å². The van der Waals surface area contributed by atoms with E-state index in [0.29, 0.717) is 21.1 Å². The Labute approximate surface area is 149 Å². The van der Waals surface area contributed by atoms with Crippen LogP contribution >= 0.6 is 27.5 Å². The molecule has 0 fully saturated rings. The highest BCUT2D eigenvalue weighted by Gasteiger charge is 2.27. The minimum absolute atomic E-state index is 0.142. The van der Waals surface area contributed by atoms with Crippen molar-refractivity contribution in [2.24, 2.45) is 0 Å². The minimum Gasteiger partial charge on any atom is -0.371 e. The first-order chi connectivity index (χ1) is 11.5. The van der Waals surface area contributed by atoms with Crippen LogP contribution in [0.3, 0.4) is 0 Å². The molecular weight excluding hydrogens is 405 g/mol. The molecule has 124 valence electrons. The molecule has 0 amide bonds. The van der Waals surface area contributed by atoms with Crippen LogP contribution in [-0.4, -0.2) is 11.4 Å². The van der Waals surface area contributed by atoms with E-state index < -0.39 is 18.3 Å². The van der Waals surface area contributed by atoms with Crippen molar-refractivity contribution in [2.45, 2.75) is 12.5 Å². The van der Waals surface area contributed by atoms with Gasteiger partial charge in [-0.15, -0.1) is 0 Å². The van der Waals surface area contributed by atoms with E-state index >= 15 is 0 Å². The first-order valence-electron chi connectivity index (χ1n) is 7.00. The number of hydrogen-bond donors (Lipinski definition) is 1. The molecule has 0 spiro atoms. The van der Waals surface area contributed by atoms with E-state index in [9.17, 15) is 13.2 Å². The van der Waals surface area contributed by atoms with Gasteiger partial charge in [-0.25, -0.2) is 13.2 Å². The highest BCUT2D eigenvalue weighted by Crippen LogP contribution is 2.35. The van der Waals surface area contributed by atoms with Crippen molar-refractivity contribution < 1.29 is 13.2 Å². The lowest BCUT2D eigenvalue weighted by Crippen LogP contribution is -2.20. The molecule has 1 N–H and O–H groups in total. The second kappa shape index (κ2) is 6.99. The number of nitrogens with one attached hydrogen (secondary N) is 1. The number of aromatic nitrogens is 1. The summed E-state index contributed by atoms with van der Waals surface area (Å²) in [5.41, 5.74) is 0.760. The summed E-state index contributed by atoms with van der Waals surface area (Å²) in [4.78, 5) is 4.16. The fourth-order valence-electron chi connectivity index (χ4n) is 2.45. The molecule has 24 heavy (non-hydrogen) atoms. The van der Waals surface area contributed by atoms with E-state index in [2.05, 4.69) is 26.2 Å². The molecule has 3 aromatic rings. The minimum atomic E-state index is -2.84. The molecule has 2 nitrogen and oxygen atoms in total. The molecule has 0 bridgehead atoms. The van der Waals surface area contributed by atoms with Gasteiger partial charge in [-0.2, -0.15) is 0 Å². The SMILES string of the molecule is Fc1ccc(Br)cc1[C@H](Nc1c(Cl)cnc2ccccc12)C(F)F. The summed E-state index contributed by atoms with van der Waals surface area (Å²) in [5, 5.41) is 3.47. The molecule has 0 radical (unpaired) electrons.